The standard InChI is InChI=1S/C16H20N4O3/c1-10-18-12-5-4-11(8-13(12)20(10)2)14(21)19-16(15(17)22)6-3-7-23-9-16/h4-5,8H,3,6-7,9H2,1-2H3,(H2,17,22)(H,19,21). The lowest BCUT2D eigenvalue weighted by Gasteiger charge is -2.34. The first-order valence-corrected chi connectivity index (χ1v) is 7.56. The highest BCUT2D eigenvalue weighted by molar-refractivity contribution is 6.01. The molecule has 1 aliphatic heterocycles. The van der Waals surface area contributed by atoms with Crippen LogP contribution >= 0.6 is 0 Å². The van der Waals surface area contributed by atoms with Gasteiger partial charge < -0.3 is 20.4 Å². The summed E-state index contributed by atoms with van der Waals surface area (Å²) in [6, 6.07) is 5.26. The number of fused-ring (bicyclic) bond motifs is 1. The van der Waals surface area contributed by atoms with Gasteiger partial charge in [-0.3, -0.25) is 9.59 Å². The van der Waals surface area contributed by atoms with Gasteiger partial charge in [0, 0.05) is 19.2 Å². The number of ether oxygens (including phenoxy) is 1. The number of aromatic nitrogens is 2. The van der Waals surface area contributed by atoms with E-state index in [0.717, 1.165) is 16.9 Å². The fourth-order valence-electron chi connectivity index (χ4n) is 2.89. The van der Waals surface area contributed by atoms with Gasteiger partial charge in [0.25, 0.3) is 5.91 Å². The highest BCUT2D eigenvalue weighted by Gasteiger charge is 2.40. The Morgan fingerprint density at radius 1 is 1.43 bits per heavy atom. The molecule has 3 N–H and O–H groups in total. The van der Waals surface area contributed by atoms with Crippen LogP contribution in [0.15, 0.2) is 18.2 Å². The van der Waals surface area contributed by atoms with E-state index in [0.29, 0.717) is 25.0 Å². The maximum atomic E-state index is 12.6. The second kappa shape index (κ2) is 5.66. The number of carbonyl (C=O) groups is 2. The number of hydrogen-bond acceptors (Lipinski definition) is 4. The third-order valence-electron chi connectivity index (χ3n) is 4.43. The molecule has 7 heteroatoms. The van der Waals surface area contributed by atoms with Gasteiger partial charge in [-0.1, -0.05) is 0 Å². The molecule has 0 bridgehead atoms. The summed E-state index contributed by atoms with van der Waals surface area (Å²) in [7, 11) is 1.90. The third-order valence-corrected chi connectivity index (χ3v) is 4.43. The molecule has 1 saturated heterocycles. The molecular weight excluding hydrogens is 296 g/mol. The van der Waals surface area contributed by atoms with E-state index in [4.69, 9.17) is 10.5 Å². The minimum atomic E-state index is -1.13. The topological polar surface area (TPSA) is 99.2 Å². The Morgan fingerprint density at radius 2 is 2.22 bits per heavy atom. The second-order valence-corrected chi connectivity index (χ2v) is 5.98. The van der Waals surface area contributed by atoms with Crippen LogP contribution in [-0.4, -0.2) is 40.1 Å². The highest BCUT2D eigenvalue weighted by atomic mass is 16.5. The minimum Gasteiger partial charge on any atom is -0.378 e. The van der Waals surface area contributed by atoms with Crippen LogP contribution in [0.25, 0.3) is 11.0 Å². The Kier molecular flexibility index (Phi) is 3.81. The molecule has 0 saturated carbocycles. The van der Waals surface area contributed by atoms with Gasteiger partial charge in [-0.25, -0.2) is 4.98 Å². The number of primary amides is 1. The van der Waals surface area contributed by atoms with Crippen molar-refractivity contribution >= 4 is 22.8 Å². The van der Waals surface area contributed by atoms with Crippen molar-refractivity contribution in [3.8, 4) is 0 Å². The van der Waals surface area contributed by atoms with Crippen LogP contribution in [-0.2, 0) is 16.6 Å². The average Bonchev–Trinajstić information content (AvgIpc) is 2.82. The van der Waals surface area contributed by atoms with Crippen LogP contribution in [0.4, 0.5) is 0 Å². The molecule has 2 aromatic rings. The van der Waals surface area contributed by atoms with E-state index < -0.39 is 11.4 Å². The van der Waals surface area contributed by atoms with Gasteiger partial charge in [-0.05, 0) is 38.0 Å². The number of nitrogens with two attached hydrogens (primary N) is 1. The lowest BCUT2D eigenvalue weighted by atomic mass is 9.91. The molecule has 2 heterocycles. The zero-order valence-corrected chi connectivity index (χ0v) is 13.3. The molecule has 0 spiro atoms. The molecule has 1 aromatic heterocycles. The van der Waals surface area contributed by atoms with Crippen molar-refractivity contribution < 1.29 is 14.3 Å². The number of hydrogen-bond donors (Lipinski definition) is 2. The van der Waals surface area contributed by atoms with E-state index in [9.17, 15) is 9.59 Å². The van der Waals surface area contributed by atoms with Crippen molar-refractivity contribution in [2.75, 3.05) is 13.2 Å². The van der Waals surface area contributed by atoms with E-state index in [2.05, 4.69) is 10.3 Å². The Balaban J connectivity index is 1.90. The van der Waals surface area contributed by atoms with Gasteiger partial charge in [0.05, 0.1) is 17.6 Å². The smallest absolute Gasteiger partial charge is 0.252 e. The van der Waals surface area contributed by atoms with Gasteiger partial charge in [0.1, 0.15) is 11.4 Å². The molecule has 1 fully saturated rings. The van der Waals surface area contributed by atoms with E-state index in [1.54, 1.807) is 18.2 Å². The number of carbonyl (C=O) groups excluding carboxylic acids is 2. The van der Waals surface area contributed by atoms with Crippen molar-refractivity contribution in [2.24, 2.45) is 12.8 Å². The molecular formula is C16H20N4O3. The summed E-state index contributed by atoms with van der Waals surface area (Å²) < 4.78 is 7.26. The molecule has 1 unspecified atom stereocenters. The summed E-state index contributed by atoms with van der Waals surface area (Å²) in [6.45, 7) is 2.59. The zero-order valence-electron chi connectivity index (χ0n) is 13.3. The molecule has 0 radical (unpaired) electrons. The fraction of sp³-hybridized carbons (Fsp3) is 0.438. The molecule has 1 aromatic carbocycles. The van der Waals surface area contributed by atoms with Crippen molar-refractivity contribution in [1.29, 1.82) is 0 Å². The van der Waals surface area contributed by atoms with Crippen LogP contribution in [0.1, 0.15) is 29.0 Å². The highest BCUT2D eigenvalue weighted by Crippen LogP contribution is 2.21. The maximum Gasteiger partial charge on any atom is 0.252 e. The van der Waals surface area contributed by atoms with Crippen LogP contribution in [0, 0.1) is 6.92 Å². The minimum absolute atomic E-state index is 0.112. The summed E-state index contributed by atoms with van der Waals surface area (Å²) in [5.41, 5.74) is 6.52. The zero-order chi connectivity index (χ0) is 16.6. The van der Waals surface area contributed by atoms with Crippen LogP contribution in [0.5, 0.6) is 0 Å². The number of rotatable bonds is 3. The van der Waals surface area contributed by atoms with Gasteiger partial charge in [0.15, 0.2) is 0 Å². The number of amides is 2. The van der Waals surface area contributed by atoms with E-state index in [1.807, 2.05) is 18.5 Å². The van der Waals surface area contributed by atoms with Crippen LogP contribution in [0.2, 0.25) is 0 Å². The molecule has 7 nitrogen and oxygen atoms in total. The van der Waals surface area contributed by atoms with E-state index in [1.165, 1.54) is 0 Å². The summed E-state index contributed by atoms with van der Waals surface area (Å²) in [5, 5.41) is 2.77. The summed E-state index contributed by atoms with van der Waals surface area (Å²) in [6.07, 6.45) is 1.17. The molecule has 0 aliphatic carbocycles. The van der Waals surface area contributed by atoms with Crippen molar-refractivity contribution in [1.82, 2.24) is 14.9 Å². The first-order valence-electron chi connectivity index (χ1n) is 7.56. The van der Waals surface area contributed by atoms with E-state index in [-0.39, 0.29) is 12.5 Å². The lowest BCUT2D eigenvalue weighted by Crippen LogP contribution is -2.61. The van der Waals surface area contributed by atoms with Gasteiger partial charge in [0.2, 0.25) is 5.91 Å². The number of nitrogens with one attached hydrogen (secondary N) is 1. The fourth-order valence-corrected chi connectivity index (χ4v) is 2.89. The maximum absolute atomic E-state index is 12.6. The van der Waals surface area contributed by atoms with Gasteiger partial charge in [-0.15, -0.1) is 0 Å². The van der Waals surface area contributed by atoms with Crippen molar-refractivity contribution in [3.05, 3.63) is 29.6 Å². The third kappa shape index (κ3) is 2.68. The van der Waals surface area contributed by atoms with Crippen LogP contribution in [0.3, 0.4) is 0 Å². The summed E-state index contributed by atoms with van der Waals surface area (Å²) >= 11 is 0. The first kappa shape index (κ1) is 15.5. The summed E-state index contributed by atoms with van der Waals surface area (Å²) in [4.78, 5) is 28.8. The molecule has 122 valence electrons. The molecule has 23 heavy (non-hydrogen) atoms. The normalized spacial score (nSPS) is 21.3. The average molecular weight is 316 g/mol. The number of benzene rings is 1. The quantitative estimate of drug-likeness (QED) is 0.868. The SMILES string of the molecule is Cc1nc2ccc(C(=O)NC3(C(N)=O)CCCOC3)cc2n1C. The predicted octanol–water partition coefficient (Wildman–Crippen LogP) is 0.646. The Labute approximate surface area is 133 Å². The monoisotopic (exact) mass is 316 g/mol. The number of imidazole rings is 1. The van der Waals surface area contributed by atoms with Crippen molar-refractivity contribution in [3.63, 3.8) is 0 Å². The molecule has 1 aliphatic rings. The molecule has 2 amide bonds. The Morgan fingerprint density at radius 3 is 2.87 bits per heavy atom. The Hall–Kier alpha value is -2.41. The second-order valence-electron chi connectivity index (χ2n) is 5.98. The Bertz CT molecular complexity index is 775. The van der Waals surface area contributed by atoms with E-state index >= 15 is 0 Å². The first-order chi connectivity index (χ1) is 10.9. The summed E-state index contributed by atoms with van der Waals surface area (Å²) in [5.74, 6) is -0.0371. The number of aryl methyl sites for hydroxylation is 2. The molecule has 3 rings (SSSR count). The lowest BCUT2D eigenvalue weighted by molar-refractivity contribution is -0.129. The van der Waals surface area contributed by atoms with Crippen molar-refractivity contribution in [2.45, 2.75) is 25.3 Å². The van der Waals surface area contributed by atoms with Gasteiger partial charge >= 0.3 is 0 Å². The van der Waals surface area contributed by atoms with Crippen LogP contribution < -0.4 is 11.1 Å². The number of nitrogens with zero attached hydrogens (tertiary/aromatic N) is 2. The van der Waals surface area contributed by atoms with Gasteiger partial charge in [-0.2, -0.15) is 0 Å². The largest absolute Gasteiger partial charge is 0.378 e. The predicted molar refractivity (Wildman–Crippen MR) is 84.9 cm³/mol. The molecule has 1 atom stereocenters.